The number of benzene rings is 2. The number of halogens is 2. The number of hydrogen-bond acceptors (Lipinski definition) is 5. The second kappa shape index (κ2) is 9.68. The van der Waals surface area contributed by atoms with Gasteiger partial charge in [0.2, 0.25) is 0 Å². The molecule has 0 aliphatic rings. The van der Waals surface area contributed by atoms with Gasteiger partial charge in [0.1, 0.15) is 18.1 Å². The third kappa shape index (κ3) is 4.43. The fourth-order valence-corrected chi connectivity index (χ4v) is 4.51. The van der Waals surface area contributed by atoms with Crippen LogP contribution < -0.4 is 15.0 Å². The Hall–Kier alpha value is -3.81. The van der Waals surface area contributed by atoms with Gasteiger partial charge in [0, 0.05) is 33.6 Å². The lowest BCUT2D eigenvalue weighted by Crippen LogP contribution is -2.19. The predicted octanol–water partition coefficient (Wildman–Crippen LogP) is 6.06. The lowest BCUT2D eigenvalue weighted by molar-refractivity contribution is 0.308. The molecule has 9 heteroatoms. The molecule has 3 aromatic heterocycles. The van der Waals surface area contributed by atoms with Crippen LogP contribution in [0.25, 0.3) is 22.6 Å². The van der Waals surface area contributed by atoms with Crippen molar-refractivity contribution in [1.82, 2.24) is 19.2 Å². The smallest absolute Gasteiger partial charge is 0.267 e. The van der Waals surface area contributed by atoms with E-state index in [0.29, 0.717) is 38.4 Å². The number of aryl methyl sites for hydroxylation is 2. The van der Waals surface area contributed by atoms with Crippen molar-refractivity contribution in [1.29, 1.82) is 0 Å². The van der Waals surface area contributed by atoms with Crippen molar-refractivity contribution in [3.8, 4) is 28.4 Å². The largest absolute Gasteiger partial charge is 0.497 e. The van der Waals surface area contributed by atoms with Gasteiger partial charge in [0.05, 0.1) is 24.1 Å². The van der Waals surface area contributed by atoms with Gasteiger partial charge >= 0.3 is 0 Å². The molecule has 0 saturated carbocycles. The first kappa shape index (κ1) is 23.9. The van der Waals surface area contributed by atoms with Gasteiger partial charge in [-0.15, -0.1) is 0 Å². The summed E-state index contributed by atoms with van der Waals surface area (Å²) in [5, 5.41) is 5.78. The number of pyridine rings is 1. The molecule has 0 N–H and O–H groups in total. The average molecular weight is 521 g/mol. The molecule has 0 atom stereocenters. The highest BCUT2D eigenvalue weighted by atomic mass is 35.5. The Morgan fingerprint density at radius 1 is 1.00 bits per heavy atom. The Kier molecular flexibility index (Phi) is 6.43. The summed E-state index contributed by atoms with van der Waals surface area (Å²) < 4.78 is 14.6. The molecule has 0 bridgehead atoms. The third-order valence-electron chi connectivity index (χ3n) is 5.84. The Morgan fingerprint density at radius 2 is 1.83 bits per heavy atom. The maximum atomic E-state index is 13.6. The van der Waals surface area contributed by atoms with Crippen molar-refractivity contribution in [3.05, 3.63) is 104 Å². The second-order valence-electron chi connectivity index (χ2n) is 8.25. The van der Waals surface area contributed by atoms with E-state index in [1.165, 1.54) is 4.40 Å². The topological polar surface area (TPSA) is 70.7 Å². The second-order valence-corrected chi connectivity index (χ2v) is 9.10. The lowest BCUT2D eigenvalue weighted by Gasteiger charge is -2.12. The van der Waals surface area contributed by atoms with Gasteiger partial charge < -0.3 is 9.47 Å². The van der Waals surface area contributed by atoms with Crippen LogP contribution >= 0.6 is 23.2 Å². The van der Waals surface area contributed by atoms with Crippen molar-refractivity contribution in [2.75, 3.05) is 7.11 Å². The number of fused-ring (bicyclic) bond motifs is 1. The number of hydrogen-bond donors (Lipinski definition) is 0. The van der Waals surface area contributed by atoms with E-state index in [-0.39, 0.29) is 12.2 Å². The van der Waals surface area contributed by atoms with Crippen molar-refractivity contribution >= 4 is 28.8 Å². The zero-order valence-electron chi connectivity index (χ0n) is 19.8. The lowest BCUT2D eigenvalue weighted by atomic mass is 10.1. The highest BCUT2D eigenvalue weighted by molar-refractivity contribution is 6.35. The molecule has 5 rings (SSSR count). The fraction of sp³-hybridized carbons (Fsp3) is 0.148. The van der Waals surface area contributed by atoms with Crippen LogP contribution in [-0.4, -0.2) is 26.3 Å². The minimum atomic E-state index is -0.234. The molecule has 0 amide bonds. The highest BCUT2D eigenvalue weighted by Gasteiger charge is 2.18. The molecule has 0 spiro atoms. The third-order valence-corrected chi connectivity index (χ3v) is 6.43. The van der Waals surface area contributed by atoms with E-state index < -0.39 is 0 Å². The normalized spacial score (nSPS) is 11.1. The molecule has 0 aliphatic carbocycles. The standard InChI is InChI=1S/C27H22Cl2N4O3/c1-16-12-23(31-33(16)20-6-4-7-21(14-20)35-3)25-17(2)30-26-24(8-5-11-32(26)27(25)34)36-15-18-9-10-19(28)13-22(18)29/h4-14H,15H2,1-3H3. The van der Waals surface area contributed by atoms with E-state index in [1.54, 1.807) is 55.2 Å². The van der Waals surface area contributed by atoms with Crippen LogP contribution in [0, 0.1) is 13.8 Å². The number of nitrogens with zero attached hydrogens (tertiary/aromatic N) is 4. The van der Waals surface area contributed by atoms with E-state index in [2.05, 4.69) is 0 Å². The Balaban J connectivity index is 1.54. The van der Waals surface area contributed by atoms with E-state index in [4.69, 9.17) is 42.8 Å². The summed E-state index contributed by atoms with van der Waals surface area (Å²) in [5.41, 5.74) is 4.18. The molecular weight excluding hydrogens is 499 g/mol. The number of ether oxygens (including phenoxy) is 2. The van der Waals surface area contributed by atoms with Gasteiger partial charge in [-0.25, -0.2) is 9.67 Å². The molecular formula is C27H22Cl2N4O3. The number of methoxy groups -OCH3 is 1. The molecule has 0 unspecified atom stereocenters. The van der Waals surface area contributed by atoms with E-state index in [9.17, 15) is 4.79 Å². The maximum absolute atomic E-state index is 13.6. The van der Waals surface area contributed by atoms with Crippen LogP contribution in [0.5, 0.6) is 11.5 Å². The van der Waals surface area contributed by atoms with Crippen molar-refractivity contribution in [2.45, 2.75) is 20.5 Å². The first-order valence-corrected chi connectivity index (χ1v) is 11.9. The zero-order valence-corrected chi connectivity index (χ0v) is 21.3. The molecule has 0 radical (unpaired) electrons. The molecule has 7 nitrogen and oxygen atoms in total. The van der Waals surface area contributed by atoms with E-state index in [1.807, 2.05) is 37.3 Å². The van der Waals surface area contributed by atoms with Gasteiger partial charge in [0.25, 0.3) is 5.56 Å². The van der Waals surface area contributed by atoms with Crippen LogP contribution in [0.2, 0.25) is 10.0 Å². The predicted molar refractivity (Wildman–Crippen MR) is 141 cm³/mol. The summed E-state index contributed by atoms with van der Waals surface area (Å²) in [6.45, 7) is 3.94. The first-order valence-electron chi connectivity index (χ1n) is 11.2. The van der Waals surface area contributed by atoms with Crippen LogP contribution in [-0.2, 0) is 6.61 Å². The van der Waals surface area contributed by atoms with Gasteiger partial charge in [-0.3, -0.25) is 9.20 Å². The molecule has 36 heavy (non-hydrogen) atoms. The van der Waals surface area contributed by atoms with Crippen LogP contribution in [0.3, 0.4) is 0 Å². The van der Waals surface area contributed by atoms with Crippen LogP contribution in [0.15, 0.2) is 71.7 Å². The Bertz CT molecular complexity index is 1660. The summed E-state index contributed by atoms with van der Waals surface area (Å²) in [6, 6.07) is 18.2. The van der Waals surface area contributed by atoms with Gasteiger partial charge in [-0.1, -0.05) is 35.3 Å². The van der Waals surface area contributed by atoms with E-state index >= 15 is 0 Å². The Labute approximate surface area is 217 Å². The highest BCUT2D eigenvalue weighted by Crippen LogP contribution is 2.27. The monoisotopic (exact) mass is 520 g/mol. The molecule has 2 aromatic carbocycles. The molecule has 0 fully saturated rings. The molecule has 0 aliphatic heterocycles. The molecule has 5 aromatic rings. The summed E-state index contributed by atoms with van der Waals surface area (Å²) >= 11 is 12.3. The number of aromatic nitrogens is 4. The Morgan fingerprint density at radius 3 is 2.61 bits per heavy atom. The first-order chi connectivity index (χ1) is 17.4. The SMILES string of the molecule is COc1cccc(-n2nc(-c3c(C)nc4c(OCc5ccc(Cl)cc5Cl)cccn4c3=O)cc2C)c1. The summed E-state index contributed by atoms with van der Waals surface area (Å²) in [5.74, 6) is 1.19. The summed E-state index contributed by atoms with van der Waals surface area (Å²) in [4.78, 5) is 18.3. The van der Waals surface area contributed by atoms with E-state index in [0.717, 1.165) is 22.7 Å². The van der Waals surface area contributed by atoms with Gasteiger partial charge in [0.15, 0.2) is 11.4 Å². The van der Waals surface area contributed by atoms with Crippen LogP contribution in [0.1, 0.15) is 17.0 Å². The minimum Gasteiger partial charge on any atom is -0.497 e. The maximum Gasteiger partial charge on any atom is 0.267 e. The summed E-state index contributed by atoms with van der Waals surface area (Å²) in [6.07, 6.45) is 1.67. The van der Waals surface area contributed by atoms with Crippen molar-refractivity contribution < 1.29 is 9.47 Å². The average Bonchev–Trinajstić information content (AvgIpc) is 3.24. The quantitative estimate of drug-likeness (QED) is 0.272. The zero-order chi connectivity index (χ0) is 25.4. The molecule has 182 valence electrons. The molecule has 0 saturated heterocycles. The molecule has 3 heterocycles. The van der Waals surface area contributed by atoms with Crippen molar-refractivity contribution in [3.63, 3.8) is 0 Å². The van der Waals surface area contributed by atoms with Crippen LogP contribution in [0.4, 0.5) is 0 Å². The van der Waals surface area contributed by atoms with Gasteiger partial charge in [-0.2, -0.15) is 5.10 Å². The fourth-order valence-electron chi connectivity index (χ4n) is 4.05. The van der Waals surface area contributed by atoms with Gasteiger partial charge in [-0.05, 0) is 56.3 Å². The van der Waals surface area contributed by atoms with Crippen molar-refractivity contribution in [2.24, 2.45) is 0 Å². The number of rotatable bonds is 6. The minimum absolute atomic E-state index is 0.205. The summed E-state index contributed by atoms with van der Waals surface area (Å²) in [7, 11) is 1.62.